The summed E-state index contributed by atoms with van der Waals surface area (Å²) in [4.78, 5) is 15.0. The van der Waals surface area contributed by atoms with Crippen molar-refractivity contribution in [3.05, 3.63) is 35.9 Å². The van der Waals surface area contributed by atoms with Crippen LogP contribution in [0.15, 0.2) is 30.3 Å². The fourth-order valence-corrected chi connectivity index (χ4v) is 4.73. The van der Waals surface area contributed by atoms with Crippen molar-refractivity contribution >= 4 is 5.91 Å². The predicted octanol–water partition coefficient (Wildman–Crippen LogP) is 2.78. The maximum absolute atomic E-state index is 12.5. The highest BCUT2D eigenvalue weighted by Crippen LogP contribution is 2.28. The van der Waals surface area contributed by atoms with Crippen molar-refractivity contribution in [3.63, 3.8) is 0 Å². The highest BCUT2D eigenvalue weighted by Gasteiger charge is 2.34. The summed E-state index contributed by atoms with van der Waals surface area (Å²) in [7, 11) is 0. The predicted molar refractivity (Wildman–Crippen MR) is 102 cm³/mol. The minimum Gasteiger partial charge on any atom is -0.353 e. The summed E-state index contributed by atoms with van der Waals surface area (Å²) in [5.74, 6) is 1.51. The number of likely N-dealkylation sites (tertiary alicyclic amines) is 1. The Balaban J connectivity index is 1.51. The second kappa shape index (κ2) is 8.33. The summed E-state index contributed by atoms with van der Waals surface area (Å²) < 4.78 is 0. The molecule has 1 aromatic rings. The normalized spacial score (nSPS) is 33.3. The van der Waals surface area contributed by atoms with E-state index in [0.29, 0.717) is 24.2 Å². The molecule has 1 aromatic carbocycles. The number of carbonyl (C=O) groups excluding carboxylic acids is 1. The van der Waals surface area contributed by atoms with E-state index < -0.39 is 0 Å². The molecule has 1 amide bonds. The van der Waals surface area contributed by atoms with Crippen LogP contribution in [0.1, 0.15) is 45.1 Å². The van der Waals surface area contributed by atoms with Crippen LogP contribution >= 0.6 is 0 Å². The lowest BCUT2D eigenvalue weighted by Gasteiger charge is -2.42. The Hall–Kier alpha value is -1.39. The molecule has 0 spiro atoms. The lowest BCUT2D eigenvalue weighted by atomic mass is 9.85. The van der Waals surface area contributed by atoms with Crippen LogP contribution in [-0.2, 0) is 11.3 Å². The van der Waals surface area contributed by atoms with Crippen molar-refractivity contribution in [2.75, 3.05) is 13.1 Å². The van der Waals surface area contributed by atoms with Crippen molar-refractivity contribution in [1.29, 1.82) is 0 Å². The van der Waals surface area contributed by atoms with Crippen LogP contribution in [0.3, 0.4) is 0 Å². The average molecular weight is 344 g/mol. The molecule has 3 N–H and O–H groups in total. The zero-order chi connectivity index (χ0) is 17.8. The van der Waals surface area contributed by atoms with E-state index >= 15 is 0 Å². The van der Waals surface area contributed by atoms with E-state index in [9.17, 15) is 4.79 Å². The molecular weight excluding hydrogens is 310 g/mol. The van der Waals surface area contributed by atoms with Crippen molar-refractivity contribution in [2.45, 2.75) is 58.2 Å². The number of hydrogen-bond donors (Lipinski definition) is 2. The molecule has 3 rings (SSSR count). The van der Waals surface area contributed by atoms with Crippen LogP contribution in [-0.4, -0.2) is 36.0 Å². The van der Waals surface area contributed by atoms with E-state index in [4.69, 9.17) is 5.73 Å². The van der Waals surface area contributed by atoms with Gasteiger partial charge in [0.2, 0.25) is 5.91 Å². The third kappa shape index (κ3) is 4.83. The van der Waals surface area contributed by atoms with Crippen LogP contribution in [0.2, 0.25) is 0 Å². The quantitative estimate of drug-likeness (QED) is 0.864. The van der Waals surface area contributed by atoms with Crippen LogP contribution in [0.25, 0.3) is 0 Å². The maximum Gasteiger partial charge on any atom is 0.220 e. The van der Waals surface area contributed by atoms with Gasteiger partial charge in [0.1, 0.15) is 0 Å². The van der Waals surface area contributed by atoms with E-state index in [1.54, 1.807) is 0 Å². The standard InChI is InChI=1S/C21H33N3O/c1-15-12-24(14-17-7-4-3-5-8-17)13-16(2)21(15)23-20(25)11-18-9-6-10-19(18)22/h3-5,7-8,15-16,18-19,21H,6,9-14,22H2,1-2H3,(H,23,25)/t15?,16?,18-,19+,21?/m0/s1. The van der Waals surface area contributed by atoms with Crippen molar-refractivity contribution < 1.29 is 4.79 Å². The molecule has 1 heterocycles. The third-order valence-electron chi connectivity index (χ3n) is 6.06. The number of benzene rings is 1. The Labute approximate surface area is 152 Å². The van der Waals surface area contributed by atoms with Gasteiger partial charge in [-0.15, -0.1) is 0 Å². The van der Waals surface area contributed by atoms with Gasteiger partial charge in [0.25, 0.3) is 0 Å². The Morgan fingerprint density at radius 1 is 1.16 bits per heavy atom. The van der Waals surface area contributed by atoms with Crippen molar-refractivity contribution in [2.24, 2.45) is 23.5 Å². The van der Waals surface area contributed by atoms with Gasteiger partial charge in [-0.2, -0.15) is 0 Å². The van der Waals surface area contributed by atoms with Crippen LogP contribution in [0.4, 0.5) is 0 Å². The molecule has 4 nitrogen and oxygen atoms in total. The van der Waals surface area contributed by atoms with Gasteiger partial charge in [0.15, 0.2) is 0 Å². The largest absolute Gasteiger partial charge is 0.353 e. The summed E-state index contributed by atoms with van der Waals surface area (Å²) in [6.45, 7) is 7.59. The SMILES string of the molecule is CC1CN(Cc2ccccc2)CC(C)C1NC(=O)C[C@@H]1CCC[C@H]1N. The first-order valence-electron chi connectivity index (χ1n) is 9.84. The van der Waals surface area contributed by atoms with E-state index in [1.165, 1.54) is 12.0 Å². The monoisotopic (exact) mass is 343 g/mol. The summed E-state index contributed by atoms with van der Waals surface area (Å²) in [5.41, 5.74) is 7.48. The van der Waals surface area contributed by atoms with E-state index in [-0.39, 0.29) is 18.0 Å². The molecule has 2 aliphatic rings. The number of rotatable bonds is 5. The molecule has 1 saturated carbocycles. The lowest BCUT2D eigenvalue weighted by Crippen LogP contribution is -2.54. The molecule has 4 atom stereocenters. The average Bonchev–Trinajstić information content (AvgIpc) is 2.97. The van der Waals surface area contributed by atoms with E-state index in [2.05, 4.69) is 54.4 Å². The van der Waals surface area contributed by atoms with Crippen molar-refractivity contribution in [3.8, 4) is 0 Å². The minimum absolute atomic E-state index is 0.197. The zero-order valence-electron chi connectivity index (χ0n) is 15.7. The van der Waals surface area contributed by atoms with Gasteiger partial charge in [-0.05, 0) is 36.2 Å². The summed E-state index contributed by atoms with van der Waals surface area (Å²) >= 11 is 0. The Morgan fingerprint density at radius 3 is 2.44 bits per heavy atom. The number of nitrogens with one attached hydrogen (secondary N) is 1. The first-order valence-corrected chi connectivity index (χ1v) is 9.84. The van der Waals surface area contributed by atoms with Crippen molar-refractivity contribution in [1.82, 2.24) is 10.2 Å². The van der Waals surface area contributed by atoms with Gasteiger partial charge < -0.3 is 11.1 Å². The molecular formula is C21H33N3O. The molecule has 2 fully saturated rings. The number of nitrogens with zero attached hydrogens (tertiary/aromatic N) is 1. The van der Waals surface area contributed by atoms with Crippen LogP contribution in [0.5, 0.6) is 0 Å². The highest BCUT2D eigenvalue weighted by atomic mass is 16.1. The highest BCUT2D eigenvalue weighted by molar-refractivity contribution is 5.76. The number of amides is 1. The molecule has 0 bridgehead atoms. The molecule has 0 aromatic heterocycles. The summed E-state index contributed by atoms with van der Waals surface area (Å²) in [5, 5.41) is 3.33. The third-order valence-corrected chi connectivity index (χ3v) is 6.06. The number of carbonyl (C=O) groups is 1. The lowest BCUT2D eigenvalue weighted by molar-refractivity contribution is -0.124. The molecule has 1 saturated heterocycles. The minimum atomic E-state index is 0.197. The van der Waals surface area contributed by atoms with E-state index in [1.807, 2.05) is 0 Å². The number of nitrogens with two attached hydrogens (primary N) is 1. The molecule has 1 aliphatic heterocycles. The smallest absolute Gasteiger partial charge is 0.220 e. The maximum atomic E-state index is 12.5. The first-order chi connectivity index (χ1) is 12.0. The molecule has 0 radical (unpaired) electrons. The Morgan fingerprint density at radius 2 is 1.84 bits per heavy atom. The fourth-order valence-electron chi connectivity index (χ4n) is 4.73. The zero-order valence-corrected chi connectivity index (χ0v) is 15.7. The molecule has 25 heavy (non-hydrogen) atoms. The van der Waals surface area contributed by atoms with Gasteiger partial charge in [-0.25, -0.2) is 0 Å². The van der Waals surface area contributed by atoms with Gasteiger partial charge in [-0.1, -0.05) is 50.6 Å². The first kappa shape index (κ1) is 18.4. The molecule has 138 valence electrons. The second-order valence-corrected chi connectivity index (χ2v) is 8.29. The Kier molecular flexibility index (Phi) is 6.13. The van der Waals surface area contributed by atoms with Gasteiger partial charge >= 0.3 is 0 Å². The summed E-state index contributed by atoms with van der Waals surface area (Å²) in [6, 6.07) is 11.1. The van der Waals surface area contributed by atoms with E-state index in [0.717, 1.165) is 32.5 Å². The molecule has 2 unspecified atom stereocenters. The topological polar surface area (TPSA) is 58.4 Å². The summed E-state index contributed by atoms with van der Waals surface area (Å²) in [6.07, 6.45) is 3.95. The van der Waals surface area contributed by atoms with Crippen LogP contribution in [0, 0.1) is 17.8 Å². The Bertz CT molecular complexity index is 550. The van der Waals surface area contributed by atoms with Gasteiger partial charge in [0, 0.05) is 38.1 Å². The number of piperidine rings is 1. The van der Waals surface area contributed by atoms with Gasteiger partial charge in [-0.3, -0.25) is 9.69 Å². The second-order valence-electron chi connectivity index (χ2n) is 8.29. The fraction of sp³-hybridized carbons (Fsp3) is 0.667. The number of hydrogen-bond acceptors (Lipinski definition) is 3. The van der Waals surface area contributed by atoms with Crippen LogP contribution < -0.4 is 11.1 Å². The van der Waals surface area contributed by atoms with Gasteiger partial charge in [0.05, 0.1) is 0 Å². The molecule has 4 heteroatoms. The molecule has 1 aliphatic carbocycles.